The van der Waals surface area contributed by atoms with E-state index in [1.165, 1.54) is 22.5 Å². The molecule has 0 amide bonds. The number of rotatable bonds is 3. The summed E-state index contributed by atoms with van der Waals surface area (Å²) in [5.74, 6) is 0.490. The summed E-state index contributed by atoms with van der Waals surface area (Å²) in [6, 6.07) is 0. The molecule has 7 heteroatoms. The number of hydrogen-bond donors (Lipinski definition) is 3. The van der Waals surface area contributed by atoms with Crippen LogP contribution in [0.4, 0.5) is 0 Å². The summed E-state index contributed by atoms with van der Waals surface area (Å²) in [5, 5.41) is 18.4. The molecule has 100 valence electrons. The highest BCUT2D eigenvalue weighted by Gasteiger charge is 2.37. The monoisotopic (exact) mass is 272 g/mol. The van der Waals surface area contributed by atoms with Gasteiger partial charge in [0.2, 0.25) is 0 Å². The molecule has 1 aliphatic heterocycles. The van der Waals surface area contributed by atoms with Crippen LogP contribution in [-0.4, -0.2) is 38.7 Å². The minimum Gasteiger partial charge on any atom is -0.396 e. The van der Waals surface area contributed by atoms with E-state index in [4.69, 9.17) is 0 Å². The molecule has 0 bridgehead atoms. The van der Waals surface area contributed by atoms with E-state index in [1.807, 2.05) is 0 Å². The van der Waals surface area contributed by atoms with Gasteiger partial charge in [-0.25, -0.2) is 4.79 Å². The Balaban J connectivity index is 2.40. The lowest BCUT2D eigenvalue weighted by Gasteiger charge is -2.22. The van der Waals surface area contributed by atoms with E-state index in [0.29, 0.717) is 11.3 Å². The largest absolute Gasteiger partial charge is 0.396 e. The number of aromatic amines is 1. The van der Waals surface area contributed by atoms with Crippen LogP contribution in [0.25, 0.3) is 0 Å². The zero-order valence-electron chi connectivity index (χ0n) is 10.00. The molecule has 0 aromatic carbocycles. The van der Waals surface area contributed by atoms with Crippen molar-refractivity contribution in [2.75, 3.05) is 19.0 Å². The normalized spacial score (nSPS) is 27.6. The molecular weight excluding hydrogens is 256 g/mol. The number of aliphatic hydroxyl groups excluding tert-OH is 2. The molecule has 1 aromatic heterocycles. The second-order valence-corrected chi connectivity index (χ2v) is 5.64. The van der Waals surface area contributed by atoms with Crippen LogP contribution < -0.4 is 11.2 Å². The van der Waals surface area contributed by atoms with E-state index in [1.54, 1.807) is 6.92 Å². The van der Waals surface area contributed by atoms with Crippen LogP contribution in [0.1, 0.15) is 10.9 Å². The Morgan fingerprint density at radius 1 is 1.44 bits per heavy atom. The van der Waals surface area contributed by atoms with E-state index in [2.05, 4.69) is 4.98 Å². The molecule has 2 rings (SSSR count). The first-order valence-corrected chi connectivity index (χ1v) is 6.78. The number of nitrogens with zero attached hydrogens (tertiary/aromatic N) is 1. The number of thioether (sulfide) groups is 1. The summed E-state index contributed by atoms with van der Waals surface area (Å²) in [5.41, 5.74) is -0.405. The average Bonchev–Trinajstić information content (AvgIpc) is 2.76. The minimum atomic E-state index is -0.472. The van der Waals surface area contributed by atoms with Crippen molar-refractivity contribution >= 4 is 11.8 Å². The van der Waals surface area contributed by atoms with Crippen molar-refractivity contribution < 1.29 is 10.2 Å². The average molecular weight is 272 g/mol. The molecule has 1 aromatic rings. The Kier molecular flexibility index (Phi) is 3.94. The highest BCUT2D eigenvalue weighted by molar-refractivity contribution is 7.99. The molecule has 0 aliphatic carbocycles. The minimum absolute atomic E-state index is 0.00812. The number of aliphatic hydroxyl groups is 2. The summed E-state index contributed by atoms with van der Waals surface area (Å²) < 4.78 is 1.44. The highest BCUT2D eigenvalue weighted by atomic mass is 32.2. The van der Waals surface area contributed by atoms with Gasteiger partial charge in [0.15, 0.2) is 0 Å². The number of H-pyrrole nitrogens is 1. The molecule has 2 heterocycles. The molecule has 0 saturated carbocycles. The summed E-state index contributed by atoms with van der Waals surface area (Å²) >= 11 is 1.51. The maximum Gasteiger partial charge on any atom is 0.329 e. The van der Waals surface area contributed by atoms with Gasteiger partial charge in [-0.3, -0.25) is 14.3 Å². The third kappa shape index (κ3) is 2.25. The predicted molar refractivity (Wildman–Crippen MR) is 68.7 cm³/mol. The quantitative estimate of drug-likeness (QED) is 0.677. The Bertz CT molecular complexity index is 539. The van der Waals surface area contributed by atoms with E-state index in [-0.39, 0.29) is 30.4 Å². The van der Waals surface area contributed by atoms with E-state index >= 15 is 0 Å². The molecule has 1 fully saturated rings. The molecule has 3 atom stereocenters. The number of nitrogens with one attached hydrogen (secondary N) is 1. The van der Waals surface area contributed by atoms with Crippen LogP contribution in [0.5, 0.6) is 0 Å². The zero-order valence-corrected chi connectivity index (χ0v) is 10.8. The third-order valence-corrected chi connectivity index (χ3v) is 4.86. The summed E-state index contributed by atoms with van der Waals surface area (Å²) in [4.78, 5) is 25.4. The topological polar surface area (TPSA) is 95.3 Å². The van der Waals surface area contributed by atoms with Crippen molar-refractivity contribution in [3.63, 3.8) is 0 Å². The molecule has 0 unspecified atom stereocenters. The fraction of sp³-hybridized carbons (Fsp3) is 0.636. The van der Waals surface area contributed by atoms with Crippen LogP contribution in [0, 0.1) is 18.8 Å². The van der Waals surface area contributed by atoms with Crippen molar-refractivity contribution in [3.8, 4) is 0 Å². The predicted octanol–water partition coefficient (Wildman–Crippen LogP) is -0.693. The van der Waals surface area contributed by atoms with Crippen molar-refractivity contribution in [2.24, 2.45) is 11.8 Å². The molecule has 3 N–H and O–H groups in total. The second-order valence-electron chi connectivity index (χ2n) is 4.49. The Hall–Kier alpha value is -1.05. The Morgan fingerprint density at radius 3 is 2.78 bits per heavy atom. The van der Waals surface area contributed by atoms with E-state index in [9.17, 15) is 19.8 Å². The first-order chi connectivity index (χ1) is 8.58. The third-order valence-electron chi connectivity index (χ3n) is 3.32. The van der Waals surface area contributed by atoms with Crippen LogP contribution in [0.2, 0.25) is 0 Å². The van der Waals surface area contributed by atoms with Crippen molar-refractivity contribution in [2.45, 2.75) is 12.3 Å². The Morgan fingerprint density at radius 2 is 2.17 bits per heavy atom. The van der Waals surface area contributed by atoms with E-state index < -0.39 is 11.2 Å². The number of aryl methyl sites for hydroxylation is 1. The maximum absolute atomic E-state index is 11.8. The van der Waals surface area contributed by atoms with E-state index in [0.717, 1.165) is 0 Å². The van der Waals surface area contributed by atoms with Gasteiger partial charge in [0, 0.05) is 36.6 Å². The Labute approximate surface area is 108 Å². The van der Waals surface area contributed by atoms with Gasteiger partial charge < -0.3 is 10.2 Å². The van der Waals surface area contributed by atoms with Crippen LogP contribution in [0.15, 0.2) is 15.8 Å². The van der Waals surface area contributed by atoms with Crippen molar-refractivity contribution in [1.82, 2.24) is 9.55 Å². The second kappa shape index (κ2) is 5.29. The summed E-state index contributed by atoms with van der Waals surface area (Å²) in [7, 11) is 0. The van der Waals surface area contributed by atoms with Gasteiger partial charge in [0.1, 0.15) is 0 Å². The van der Waals surface area contributed by atoms with Gasteiger partial charge in [0.25, 0.3) is 5.56 Å². The molecule has 6 nitrogen and oxygen atoms in total. The van der Waals surface area contributed by atoms with Crippen LogP contribution in [0.3, 0.4) is 0 Å². The standard InChI is InChI=1S/C11H16N2O4S/c1-6-2-13(11(17)12-9(6)16)10-8(4-15)7(3-14)5-18-10/h2,7-8,10,14-15H,3-5H2,1H3,(H,12,16,17)/t7-,8-,10+/m1/s1. The SMILES string of the molecule is Cc1cn([C@H]2SC[C@@H](CO)[C@H]2CO)c(=O)[nH]c1=O. The van der Waals surface area contributed by atoms with Crippen molar-refractivity contribution in [1.29, 1.82) is 0 Å². The van der Waals surface area contributed by atoms with Crippen molar-refractivity contribution in [3.05, 3.63) is 32.6 Å². The van der Waals surface area contributed by atoms with Gasteiger partial charge in [-0.2, -0.15) is 0 Å². The fourth-order valence-electron chi connectivity index (χ4n) is 2.19. The maximum atomic E-state index is 11.8. The van der Waals surface area contributed by atoms with Crippen LogP contribution in [-0.2, 0) is 0 Å². The molecule has 1 aliphatic rings. The highest BCUT2D eigenvalue weighted by Crippen LogP contribution is 2.43. The van der Waals surface area contributed by atoms with Gasteiger partial charge in [-0.05, 0) is 12.8 Å². The molecule has 0 radical (unpaired) electrons. The molecule has 1 saturated heterocycles. The first-order valence-electron chi connectivity index (χ1n) is 5.74. The lowest BCUT2D eigenvalue weighted by molar-refractivity contribution is 0.126. The van der Waals surface area contributed by atoms with Gasteiger partial charge >= 0.3 is 5.69 Å². The molecule has 18 heavy (non-hydrogen) atoms. The number of hydrogen-bond acceptors (Lipinski definition) is 5. The lowest BCUT2D eigenvalue weighted by Crippen LogP contribution is -2.35. The zero-order chi connectivity index (χ0) is 13.3. The van der Waals surface area contributed by atoms with Crippen LogP contribution >= 0.6 is 11.8 Å². The molecular formula is C11H16N2O4S. The summed E-state index contributed by atoms with van der Waals surface area (Å²) in [6.07, 6.45) is 1.52. The summed E-state index contributed by atoms with van der Waals surface area (Å²) in [6.45, 7) is 1.53. The fourth-order valence-corrected chi connectivity index (χ4v) is 3.86. The molecule has 0 spiro atoms. The first kappa shape index (κ1) is 13.4. The smallest absolute Gasteiger partial charge is 0.329 e. The lowest BCUT2D eigenvalue weighted by atomic mass is 9.95. The van der Waals surface area contributed by atoms with Gasteiger partial charge in [0.05, 0.1) is 5.37 Å². The van der Waals surface area contributed by atoms with Gasteiger partial charge in [-0.1, -0.05) is 0 Å². The van der Waals surface area contributed by atoms with Gasteiger partial charge in [-0.15, -0.1) is 11.8 Å². The number of aromatic nitrogens is 2.